The number of nitrogens with two attached hydrogens (primary N) is 1. The van der Waals surface area contributed by atoms with Crippen LogP contribution in [0.4, 0.5) is 10.3 Å². The van der Waals surface area contributed by atoms with E-state index in [0.717, 1.165) is 5.56 Å². The summed E-state index contributed by atoms with van der Waals surface area (Å²) in [5.74, 6) is 0.534. The quantitative estimate of drug-likeness (QED) is 0.796. The predicted octanol–water partition coefficient (Wildman–Crippen LogP) is 3.74. The maximum absolute atomic E-state index is 13.4. The summed E-state index contributed by atoms with van der Waals surface area (Å²) in [6.07, 6.45) is 0. The van der Waals surface area contributed by atoms with Crippen molar-refractivity contribution in [3.05, 3.63) is 54.3 Å². The second kappa shape index (κ2) is 5.28. The van der Waals surface area contributed by atoms with Crippen LogP contribution in [0.2, 0.25) is 0 Å². The van der Waals surface area contributed by atoms with Gasteiger partial charge in [-0.1, -0.05) is 29.4 Å². The minimum Gasteiger partial charge on any atom is -0.497 e. The van der Waals surface area contributed by atoms with Gasteiger partial charge in [0.05, 0.1) is 12.7 Å². The molecule has 0 atom stereocenters. The van der Waals surface area contributed by atoms with Crippen LogP contribution in [0.1, 0.15) is 0 Å². The molecule has 5 heteroatoms. The zero-order valence-corrected chi connectivity index (χ0v) is 11.3. The normalized spacial score (nSPS) is 10.6. The number of aromatic nitrogens is 1. The first-order chi connectivity index (χ1) is 10.2. The van der Waals surface area contributed by atoms with Gasteiger partial charge in [-0.2, -0.15) is 0 Å². The van der Waals surface area contributed by atoms with Crippen molar-refractivity contribution in [3.8, 4) is 28.1 Å². The summed E-state index contributed by atoms with van der Waals surface area (Å²) in [4.78, 5) is 0. The van der Waals surface area contributed by atoms with Gasteiger partial charge in [0.2, 0.25) is 5.88 Å². The Hall–Kier alpha value is -2.82. The highest BCUT2D eigenvalue weighted by atomic mass is 19.1. The Morgan fingerprint density at radius 3 is 2.62 bits per heavy atom. The van der Waals surface area contributed by atoms with Crippen molar-refractivity contribution in [2.75, 3.05) is 12.8 Å². The molecule has 0 radical (unpaired) electrons. The third-order valence-corrected chi connectivity index (χ3v) is 3.17. The van der Waals surface area contributed by atoms with Crippen LogP contribution in [0.5, 0.6) is 5.75 Å². The van der Waals surface area contributed by atoms with Crippen LogP contribution >= 0.6 is 0 Å². The van der Waals surface area contributed by atoms with Crippen LogP contribution < -0.4 is 10.5 Å². The molecule has 3 aromatic rings. The molecule has 0 aliphatic heterocycles. The van der Waals surface area contributed by atoms with Crippen LogP contribution in [0, 0.1) is 5.82 Å². The van der Waals surface area contributed by atoms with E-state index in [0.29, 0.717) is 22.6 Å². The molecule has 0 amide bonds. The van der Waals surface area contributed by atoms with Crippen molar-refractivity contribution in [2.45, 2.75) is 0 Å². The second-order valence-electron chi connectivity index (χ2n) is 4.51. The molecule has 21 heavy (non-hydrogen) atoms. The summed E-state index contributed by atoms with van der Waals surface area (Å²) in [6.45, 7) is 0. The topological polar surface area (TPSA) is 61.3 Å². The van der Waals surface area contributed by atoms with Crippen LogP contribution in [-0.2, 0) is 0 Å². The lowest BCUT2D eigenvalue weighted by Crippen LogP contribution is -1.89. The highest BCUT2D eigenvalue weighted by Crippen LogP contribution is 2.37. The summed E-state index contributed by atoms with van der Waals surface area (Å²) < 4.78 is 23.7. The first kappa shape index (κ1) is 13.2. The maximum atomic E-state index is 13.4. The minimum absolute atomic E-state index is 0.183. The van der Waals surface area contributed by atoms with E-state index in [2.05, 4.69) is 5.16 Å². The summed E-state index contributed by atoms with van der Waals surface area (Å²) >= 11 is 0. The zero-order valence-electron chi connectivity index (χ0n) is 11.3. The highest BCUT2D eigenvalue weighted by molar-refractivity contribution is 5.87. The number of anilines is 1. The van der Waals surface area contributed by atoms with Gasteiger partial charge < -0.3 is 15.0 Å². The molecule has 0 saturated heterocycles. The fourth-order valence-electron chi connectivity index (χ4n) is 2.19. The lowest BCUT2D eigenvalue weighted by Gasteiger charge is -2.05. The standard InChI is InChI=1S/C16H13FN2O2/c1-20-13-7-3-4-10(9-13)14-15(19-21-16(14)18)11-5-2-6-12(17)8-11/h2-9H,18H2,1H3. The van der Waals surface area contributed by atoms with Gasteiger partial charge in [-0.3, -0.25) is 0 Å². The summed E-state index contributed by atoms with van der Waals surface area (Å²) in [6, 6.07) is 13.5. The Morgan fingerprint density at radius 2 is 1.86 bits per heavy atom. The molecule has 1 heterocycles. The molecule has 0 saturated carbocycles. The molecule has 0 bridgehead atoms. The number of methoxy groups -OCH3 is 1. The molecular weight excluding hydrogens is 271 g/mol. The van der Waals surface area contributed by atoms with E-state index < -0.39 is 0 Å². The molecule has 2 N–H and O–H groups in total. The van der Waals surface area contributed by atoms with Gasteiger partial charge in [0.25, 0.3) is 0 Å². The monoisotopic (exact) mass is 284 g/mol. The predicted molar refractivity (Wildman–Crippen MR) is 78.3 cm³/mol. The van der Waals surface area contributed by atoms with E-state index in [4.69, 9.17) is 15.0 Å². The van der Waals surface area contributed by atoms with Gasteiger partial charge in [-0.05, 0) is 29.8 Å². The number of nitrogens with zero attached hydrogens (tertiary/aromatic N) is 1. The van der Waals surface area contributed by atoms with Gasteiger partial charge >= 0.3 is 0 Å². The summed E-state index contributed by atoms with van der Waals surface area (Å²) in [5.41, 5.74) is 8.40. The number of rotatable bonds is 3. The van der Waals surface area contributed by atoms with Crippen molar-refractivity contribution in [1.29, 1.82) is 0 Å². The second-order valence-corrected chi connectivity index (χ2v) is 4.51. The number of halogens is 1. The number of hydrogen-bond donors (Lipinski definition) is 1. The molecule has 0 unspecified atom stereocenters. The van der Waals surface area contributed by atoms with E-state index in [1.807, 2.05) is 24.3 Å². The van der Waals surface area contributed by atoms with E-state index in [1.165, 1.54) is 12.1 Å². The molecule has 0 aliphatic carbocycles. The van der Waals surface area contributed by atoms with Gasteiger partial charge in [0, 0.05) is 5.56 Å². The van der Waals surface area contributed by atoms with Gasteiger partial charge in [0.15, 0.2) is 0 Å². The molecule has 4 nitrogen and oxygen atoms in total. The van der Waals surface area contributed by atoms with E-state index >= 15 is 0 Å². The van der Waals surface area contributed by atoms with Crippen molar-refractivity contribution in [2.24, 2.45) is 0 Å². The first-order valence-corrected chi connectivity index (χ1v) is 6.34. The molecule has 106 valence electrons. The molecular formula is C16H13FN2O2. The van der Waals surface area contributed by atoms with Crippen LogP contribution in [0.25, 0.3) is 22.4 Å². The Bertz CT molecular complexity index is 783. The molecule has 0 fully saturated rings. The Labute approximate surface area is 120 Å². The van der Waals surface area contributed by atoms with E-state index in [1.54, 1.807) is 19.2 Å². The SMILES string of the molecule is COc1cccc(-c2c(-c3cccc(F)c3)noc2N)c1. The molecule has 2 aromatic carbocycles. The van der Waals surface area contributed by atoms with Crippen LogP contribution in [0.3, 0.4) is 0 Å². The zero-order chi connectivity index (χ0) is 14.8. The lowest BCUT2D eigenvalue weighted by molar-refractivity contribution is 0.415. The van der Waals surface area contributed by atoms with Crippen LogP contribution in [-0.4, -0.2) is 12.3 Å². The van der Waals surface area contributed by atoms with Crippen molar-refractivity contribution >= 4 is 5.88 Å². The fourth-order valence-corrected chi connectivity index (χ4v) is 2.19. The average Bonchev–Trinajstić information content (AvgIpc) is 2.89. The fraction of sp³-hybridized carbons (Fsp3) is 0.0625. The van der Waals surface area contributed by atoms with E-state index in [-0.39, 0.29) is 11.7 Å². The number of hydrogen-bond acceptors (Lipinski definition) is 4. The average molecular weight is 284 g/mol. The highest BCUT2D eigenvalue weighted by Gasteiger charge is 2.18. The first-order valence-electron chi connectivity index (χ1n) is 6.34. The summed E-state index contributed by atoms with van der Waals surface area (Å²) in [7, 11) is 1.59. The maximum Gasteiger partial charge on any atom is 0.230 e. The number of ether oxygens (including phenoxy) is 1. The third-order valence-electron chi connectivity index (χ3n) is 3.17. The lowest BCUT2D eigenvalue weighted by atomic mass is 10.0. The van der Waals surface area contributed by atoms with Gasteiger partial charge in [0.1, 0.15) is 17.3 Å². The van der Waals surface area contributed by atoms with Gasteiger partial charge in [-0.15, -0.1) is 0 Å². The molecule has 0 spiro atoms. The largest absolute Gasteiger partial charge is 0.497 e. The Kier molecular flexibility index (Phi) is 3.31. The number of nitrogen functional groups attached to an aromatic ring is 1. The summed E-state index contributed by atoms with van der Waals surface area (Å²) in [5, 5.41) is 3.95. The Balaban J connectivity index is 2.17. The van der Waals surface area contributed by atoms with Crippen molar-refractivity contribution < 1.29 is 13.7 Å². The van der Waals surface area contributed by atoms with Crippen LogP contribution in [0.15, 0.2) is 53.1 Å². The number of benzene rings is 2. The Morgan fingerprint density at radius 1 is 1.10 bits per heavy atom. The minimum atomic E-state index is -0.342. The van der Waals surface area contributed by atoms with Crippen molar-refractivity contribution in [1.82, 2.24) is 5.16 Å². The molecule has 1 aromatic heterocycles. The third kappa shape index (κ3) is 2.45. The van der Waals surface area contributed by atoms with E-state index in [9.17, 15) is 4.39 Å². The van der Waals surface area contributed by atoms with Crippen molar-refractivity contribution in [3.63, 3.8) is 0 Å². The van der Waals surface area contributed by atoms with Gasteiger partial charge in [-0.25, -0.2) is 4.39 Å². The smallest absolute Gasteiger partial charge is 0.230 e. The molecule has 3 rings (SSSR count). The molecule has 0 aliphatic rings.